The number of fused-ring (bicyclic) bond motifs is 1. The first-order valence-electron chi connectivity index (χ1n) is 5.76. The molecule has 3 fully saturated rings. The molecule has 2 aliphatic carbocycles. The molecule has 3 heteroatoms. The van der Waals surface area contributed by atoms with E-state index in [1.807, 2.05) is 4.90 Å². The zero-order valence-corrected chi connectivity index (χ0v) is 8.48. The molecule has 0 aromatic rings. The first-order chi connectivity index (χ1) is 6.78. The van der Waals surface area contributed by atoms with Gasteiger partial charge < -0.3 is 10.6 Å². The molecule has 2 unspecified atom stereocenters. The van der Waals surface area contributed by atoms with Crippen LogP contribution in [0.5, 0.6) is 0 Å². The van der Waals surface area contributed by atoms with Gasteiger partial charge in [-0.25, -0.2) is 0 Å². The Labute approximate surface area is 84.6 Å². The van der Waals surface area contributed by atoms with Crippen LogP contribution in [0.25, 0.3) is 0 Å². The largest absolute Gasteiger partial charge is 0.342 e. The zero-order chi connectivity index (χ0) is 9.71. The van der Waals surface area contributed by atoms with E-state index in [1.54, 1.807) is 0 Å². The van der Waals surface area contributed by atoms with Crippen LogP contribution in [0.15, 0.2) is 0 Å². The predicted molar refractivity (Wildman–Crippen MR) is 53.4 cm³/mol. The van der Waals surface area contributed by atoms with E-state index in [1.165, 1.54) is 19.3 Å². The third-order valence-electron chi connectivity index (χ3n) is 4.19. The fourth-order valence-electron chi connectivity index (χ4n) is 3.07. The van der Waals surface area contributed by atoms with E-state index in [9.17, 15) is 4.79 Å². The van der Waals surface area contributed by atoms with Gasteiger partial charge in [0.05, 0.1) is 0 Å². The van der Waals surface area contributed by atoms with Crippen LogP contribution in [0.2, 0.25) is 0 Å². The van der Waals surface area contributed by atoms with Crippen molar-refractivity contribution in [2.45, 2.75) is 19.3 Å². The summed E-state index contributed by atoms with van der Waals surface area (Å²) in [6.45, 7) is 2.57. The van der Waals surface area contributed by atoms with Crippen LogP contribution in [0, 0.1) is 23.7 Å². The normalized spacial score (nSPS) is 40.6. The summed E-state index contributed by atoms with van der Waals surface area (Å²) in [7, 11) is 0. The fraction of sp³-hybridized carbons (Fsp3) is 0.909. The van der Waals surface area contributed by atoms with Gasteiger partial charge in [-0.3, -0.25) is 4.79 Å². The lowest BCUT2D eigenvalue weighted by atomic mass is 9.95. The van der Waals surface area contributed by atoms with E-state index in [-0.39, 0.29) is 0 Å². The van der Waals surface area contributed by atoms with E-state index < -0.39 is 0 Å². The van der Waals surface area contributed by atoms with Gasteiger partial charge in [0.1, 0.15) is 0 Å². The second-order valence-electron chi connectivity index (χ2n) is 5.27. The lowest BCUT2D eigenvalue weighted by molar-refractivity contribution is -0.141. The molecule has 0 aromatic heterocycles. The molecule has 0 spiro atoms. The summed E-state index contributed by atoms with van der Waals surface area (Å²) in [5.74, 6) is 3.19. The molecule has 3 nitrogen and oxygen atoms in total. The molecule has 2 atom stereocenters. The molecule has 1 heterocycles. The number of nitrogens with two attached hydrogens (primary N) is 1. The number of hydrogen-bond donors (Lipinski definition) is 1. The highest BCUT2D eigenvalue weighted by Gasteiger charge is 2.49. The van der Waals surface area contributed by atoms with Crippen LogP contribution in [0.3, 0.4) is 0 Å². The number of likely N-dealkylation sites (tertiary alicyclic amines) is 1. The highest BCUT2D eigenvalue weighted by molar-refractivity contribution is 5.80. The Morgan fingerprint density at radius 3 is 2.43 bits per heavy atom. The standard InChI is InChI=1S/C11H18N2O/c12-4-7-5-13(6-7)11(14)10-2-8-1-9(8)3-10/h7-10H,1-6,12H2. The average Bonchev–Trinajstić information content (AvgIpc) is 2.72. The van der Waals surface area contributed by atoms with Gasteiger partial charge in [0.25, 0.3) is 0 Å². The minimum atomic E-state index is 0.373. The monoisotopic (exact) mass is 194 g/mol. The number of amides is 1. The quantitative estimate of drug-likeness (QED) is 0.693. The highest BCUT2D eigenvalue weighted by atomic mass is 16.2. The molecule has 3 rings (SSSR count). The van der Waals surface area contributed by atoms with Crippen molar-refractivity contribution in [2.75, 3.05) is 19.6 Å². The molecule has 0 radical (unpaired) electrons. The van der Waals surface area contributed by atoms with Crippen molar-refractivity contribution in [1.29, 1.82) is 0 Å². The van der Waals surface area contributed by atoms with Gasteiger partial charge in [-0.1, -0.05) is 0 Å². The van der Waals surface area contributed by atoms with E-state index in [0.29, 0.717) is 17.7 Å². The minimum Gasteiger partial charge on any atom is -0.342 e. The van der Waals surface area contributed by atoms with Gasteiger partial charge in [-0.05, 0) is 37.6 Å². The van der Waals surface area contributed by atoms with Crippen LogP contribution in [-0.4, -0.2) is 30.4 Å². The number of carbonyl (C=O) groups is 1. The molecule has 1 amide bonds. The maximum atomic E-state index is 11.9. The van der Waals surface area contributed by atoms with Gasteiger partial charge >= 0.3 is 0 Å². The summed E-state index contributed by atoms with van der Waals surface area (Å²) >= 11 is 0. The zero-order valence-electron chi connectivity index (χ0n) is 8.48. The van der Waals surface area contributed by atoms with Crippen molar-refractivity contribution in [3.63, 3.8) is 0 Å². The Bertz CT molecular complexity index is 250. The van der Waals surface area contributed by atoms with E-state index in [2.05, 4.69) is 0 Å². The number of hydrogen-bond acceptors (Lipinski definition) is 2. The van der Waals surface area contributed by atoms with Crippen molar-refractivity contribution < 1.29 is 4.79 Å². The van der Waals surface area contributed by atoms with Crippen LogP contribution in [0.4, 0.5) is 0 Å². The maximum Gasteiger partial charge on any atom is 0.225 e. The summed E-state index contributed by atoms with van der Waals surface area (Å²) in [4.78, 5) is 13.9. The number of rotatable bonds is 2. The molecule has 14 heavy (non-hydrogen) atoms. The Balaban J connectivity index is 1.52. The Morgan fingerprint density at radius 1 is 1.21 bits per heavy atom. The second-order valence-corrected chi connectivity index (χ2v) is 5.27. The summed E-state index contributed by atoms with van der Waals surface area (Å²) in [6.07, 6.45) is 3.75. The molecule has 2 saturated carbocycles. The topological polar surface area (TPSA) is 46.3 Å². The van der Waals surface area contributed by atoms with Crippen LogP contribution >= 0.6 is 0 Å². The summed E-state index contributed by atoms with van der Waals surface area (Å²) in [5.41, 5.74) is 5.54. The summed E-state index contributed by atoms with van der Waals surface area (Å²) < 4.78 is 0. The third kappa shape index (κ3) is 1.26. The SMILES string of the molecule is NCC1CN(C(=O)C2CC3CC3C2)C1. The van der Waals surface area contributed by atoms with Gasteiger partial charge in [-0.15, -0.1) is 0 Å². The minimum absolute atomic E-state index is 0.373. The Hall–Kier alpha value is -0.570. The highest BCUT2D eigenvalue weighted by Crippen LogP contribution is 2.54. The Kier molecular flexibility index (Phi) is 1.84. The van der Waals surface area contributed by atoms with Crippen molar-refractivity contribution in [2.24, 2.45) is 29.4 Å². The van der Waals surface area contributed by atoms with Crippen LogP contribution < -0.4 is 5.73 Å². The van der Waals surface area contributed by atoms with Gasteiger partial charge in [0.2, 0.25) is 5.91 Å². The van der Waals surface area contributed by atoms with E-state index in [4.69, 9.17) is 5.73 Å². The molecule has 2 N–H and O–H groups in total. The molecular weight excluding hydrogens is 176 g/mol. The van der Waals surface area contributed by atoms with Crippen LogP contribution in [0.1, 0.15) is 19.3 Å². The molecule has 1 aliphatic heterocycles. The maximum absolute atomic E-state index is 11.9. The lowest BCUT2D eigenvalue weighted by Crippen LogP contribution is -2.54. The molecule has 0 aromatic carbocycles. The Morgan fingerprint density at radius 2 is 1.86 bits per heavy atom. The molecular formula is C11H18N2O. The van der Waals surface area contributed by atoms with Crippen molar-refractivity contribution in [1.82, 2.24) is 4.90 Å². The molecule has 0 bridgehead atoms. The average molecular weight is 194 g/mol. The van der Waals surface area contributed by atoms with Crippen molar-refractivity contribution in [3.8, 4) is 0 Å². The van der Waals surface area contributed by atoms with Gasteiger partial charge in [-0.2, -0.15) is 0 Å². The summed E-state index contributed by atoms with van der Waals surface area (Å²) in [5, 5.41) is 0. The number of carbonyl (C=O) groups excluding carboxylic acids is 1. The summed E-state index contributed by atoms with van der Waals surface area (Å²) in [6, 6.07) is 0. The first-order valence-corrected chi connectivity index (χ1v) is 5.76. The first kappa shape index (κ1) is 8.72. The van der Waals surface area contributed by atoms with Crippen LogP contribution in [-0.2, 0) is 4.79 Å². The molecule has 78 valence electrons. The fourth-order valence-corrected chi connectivity index (χ4v) is 3.07. The molecule has 3 aliphatic rings. The van der Waals surface area contributed by atoms with Gasteiger partial charge in [0, 0.05) is 24.9 Å². The predicted octanol–water partition coefficient (Wildman–Crippen LogP) is 0.450. The van der Waals surface area contributed by atoms with Crippen molar-refractivity contribution in [3.05, 3.63) is 0 Å². The van der Waals surface area contributed by atoms with Crippen molar-refractivity contribution >= 4 is 5.91 Å². The third-order valence-corrected chi connectivity index (χ3v) is 4.19. The van der Waals surface area contributed by atoms with E-state index in [0.717, 1.165) is 31.5 Å². The van der Waals surface area contributed by atoms with E-state index >= 15 is 0 Å². The molecule has 1 saturated heterocycles. The lowest BCUT2D eigenvalue weighted by Gasteiger charge is -2.40. The second kappa shape index (κ2) is 2.96. The van der Waals surface area contributed by atoms with Gasteiger partial charge in [0.15, 0.2) is 0 Å². The number of nitrogens with zero attached hydrogens (tertiary/aromatic N) is 1. The smallest absolute Gasteiger partial charge is 0.225 e.